The van der Waals surface area contributed by atoms with Gasteiger partial charge in [-0.3, -0.25) is 4.79 Å². The highest BCUT2D eigenvalue weighted by Gasteiger charge is 2.37. The average molecular weight is 337 g/mol. The Labute approximate surface area is 145 Å². The Kier molecular flexibility index (Phi) is 3.87. The molecule has 1 aliphatic heterocycles. The van der Waals surface area contributed by atoms with E-state index < -0.39 is 0 Å². The zero-order chi connectivity index (χ0) is 17.4. The van der Waals surface area contributed by atoms with Crippen LogP contribution in [0.4, 0.5) is 0 Å². The van der Waals surface area contributed by atoms with Crippen molar-refractivity contribution >= 4 is 16.7 Å². The van der Waals surface area contributed by atoms with Crippen molar-refractivity contribution in [3.05, 3.63) is 53.7 Å². The molecule has 1 saturated heterocycles. The number of carbonyl (C=O) groups excluding carboxylic acids is 1. The smallest absolute Gasteiger partial charge is 0.258 e. The molecule has 1 aliphatic rings. The number of amides is 1. The van der Waals surface area contributed by atoms with Gasteiger partial charge in [-0.15, -0.1) is 0 Å². The standard InChI is InChI=1S/C19H19N3O3/c1-3-24-16-9-8-13-6-4-5-7-15(13)17(16)19(23)22-10-14(11-22)18-20-12(2)21-25-18/h4-9,14H,3,10-11H2,1-2H3. The maximum Gasteiger partial charge on any atom is 0.258 e. The molecule has 2 heterocycles. The molecule has 0 bridgehead atoms. The molecular formula is C19H19N3O3. The predicted molar refractivity (Wildman–Crippen MR) is 92.8 cm³/mol. The molecule has 0 saturated carbocycles. The third-order valence-corrected chi connectivity index (χ3v) is 4.47. The van der Waals surface area contributed by atoms with E-state index in [1.165, 1.54) is 0 Å². The second kappa shape index (κ2) is 6.20. The lowest BCUT2D eigenvalue weighted by atomic mass is 9.96. The summed E-state index contributed by atoms with van der Waals surface area (Å²) in [5.41, 5.74) is 0.625. The van der Waals surface area contributed by atoms with Crippen LogP contribution >= 0.6 is 0 Å². The second-order valence-electron chi connectivity index (χ2n) is 6.18. The second-order valence-corrected chi connectivity index (χ2v) is 6.18. The molecule has 0 aliphatic carbocycles. The predicted octanol–water partition coefficient (Wildman–Crippen LogP) is 3.17. The van der Waals surface area contributed by atoms with Gasteiger partial charge in [-0.2, -0.15) is 4.98 Å². The molecule has 25 heavy (non-hydrogen) atoms. The SMILES string of the molecule is CCOc1ccc2ccccc2c1C(=O)N1CC(c2nc(C)no2)C1. The number of aromatic nitrogens is 2. The molecule has 6 nitrogen and oxygen atoms in total. The number of benzene rings is 2. The Morgan fingerprint density at radius 3 is 2.80 bits per heavy atom. The van der Waals surface area contributed by atoms with Crippen LogP contribution in [0.1, 0.15) is 34.9 Å². The molecule has 3 aromatic rings. The maximum absolute atomic E-state index is 13.1. The topological polar surface area (TPSA) is 68.5 Å². The van der Waals surface area contributed by atoms with Crippen molar-refractivity contribution < 1.29 is 14.1 Å². The number of aryl methyl sites for hydroxylation is 1. The van der Waals surface area contributed by atoms with Gasteiger partial charge in [0.1, 0.15) is 5.75 Å². The molecule has 4 rings (SSSR count). The van der Waals surface area contributed by atoms with Crippen LogP contribution in [0.5, 0.6) is 5.75 Å². The summed E-state index contributed by atoms with van der Waals surface area (Å²) >= 11 is 0. The molecule has 0 radical (unpaired) electrons. The van der Waals surface area contributed by atoms with Gasteiger partial charge < -0.3 is 14.2 Å². The Morgan fingerprint density at radius 1 is 1.28 bits per heavy atom. The number of hydrogen-bond donors (Lipinski definition) is 0. The molecule has 0 spiro atoms. The van der Waals surface area contributed by atoms with Crippen LogP contribution in [-0.2, 0) is 0 Å². The molecule has 2 aromatic carbocycles. The van der Waals surface area contributed by atoms with Crippen LogP contribution < -0.4 is 4.74 Å². The van der Waals surface area contributed by atoms with Crippen molar-refractivity contribution in [1.29, 1.82) is 0 Å². The van der Waals surface area contributed by atoms with Gasteiger partial charge in [0.05, 0.1) is 18.1 Å². The van der Waals surface area contributed by atoms with E-state index in [4.69, 9.17) is 9.26 Å². The summed E-state index contributed by atoms with van der Waals surface area (Å²) in [5, 5.41) is 5.76. The summed E-state index contributed by atoms with van der Waals surface area (Å²) in [5.74, 6) is 1.93. The lowest BCUT2D eigenvalue weighted by molar-refractivity contribution is 0.0567. The molecule has 0 N–H and O–H groups in total. The van der Waals surface area contributed by atoms with E-state index in [9.17, 15) is 4.79 Å². The number of likely N-dealkylation sites (tertiary alicyclic amines) is 1. The van der Waals surface area contributed by atoms with Gasteiger partial charge in [0, 0.05) is 13.1 Å². The van der Waals surface area contributed by atoms with Gasteiger partial charge in [0.15, 0.2) is 5.82 Å². The van der Waals surface area contributed by atoms with Crippen LogP contribution in [0.2, 0.25) is 0 Å². The fraction of sp³-hybridized carbons (Fsp3) is 0.316. The van der Waals surface area contributed by atoms with E-state index in [0.717, 1.165) is 10.8 Å². The van der Waals surface area contributed by atoms with Gasteiger partial charge in [-0.1, -0.05) is 35.5 Å². The Morgan fingerprint density at radius 2 is 2.08 bits per heavy atom. The molecular weight excluding hydrogens is 318 g/mol. The van der Waals surface area contributed by atoms with Crippen molar-refractivity contribution in [1.82, 2.24) is 15.0 Å². The van der Waals surface area contributed by atoms with Crippen molar-refractivity contribution in [2.45, 2.75) is 19.8 Å². The summed E-state index contributed by atoms with van der Waals surface area (Å²) in [6.45, 7) is 5.38. The normalized spacial score (nSPS) is 14.6. The zero-order valence-electron chi connectivity index (χ0n) is 14.2. The van der Waals surface area contributed by atoms with E-state index in [2.05, 4.69) is 10.1 Å². The van der Waals surface area contributed by atoms with Crippen LogP contribution in [0.15, 0.2) is 40.9 Å². The Bertz CT molecular complexity index is 929. The van der Waals surface area contributed by atoms with Crippen LogP contribution in [0.3, 0.4) is 0 Å². The third kappa shape index (κ3) is 2.73. The summed E-state index contributed by atoms with van der Waals surface area (Å²) in [4.78, 5) is 19.2. The monoisotopic (exact) mass is 337 g/mol. The first-order valence-electron chi connectivity index (χ1n) is 8.41. The van der Waals surface area contributed by atoms with Crippen LogP contribution in [-0.4, -0.2) is 40.6 Å². The molecule has 0 unspecified atom stereocenters. The van der Waals surface area contributed by atoms with E-state index in [1.54, 1.807) is 11.8 Å². The molecule has 1 aromatic heterocycles. The molecule has 1 fully saturated rings. The number of nitrogens with zero attached hydrogens (tertiary/aromatic N) is 3. The van der Waals surface area contributed by atoms with Crippen molar-refractivity contribution in [2.75, 3.05) is 19.7 Å². The van der Waals surface area contributed by atoms with Crippen LogP contribution in [0, 0.1) is 6.92 Å². The number of hydrogen-bond acceptors (Lipinski definition) is 5. The fourth-order valence-corrected chi connectivity index (χ4v) is 3.19. The average Bonchev–Trinajstić information content (AvgIpc) is 2.99. The maximum atomic E-state index is 13.1. The van der Waals surface area contributed by atoms with Gasteiger partial charge >= 0.3 is 0 Å². The van der Waals surface area contributed by atoms with E-state index in [-0.39, 0.29) is 11.8 Å². The van der Waals surface area contributed by atoms with Crippen molar-refractivity contribution in [3.63, 3.8) is 0 Å². The quantitative estimate of drug-likeness (QED) is 0.731. The minimum absolute atomic E-state index is 0.0206. The Hall–Kier alpha value is -2.89. The van der Waals surface area contributed by atoms with Gasteiger partial charge in [0.25, 0.3) is 5.91 Å². The van der Waals surface area contributed by atoms with E-state index in [0.29, 0.717) is 42.7 Å². The molecule has 1 amide bonds. The number of fused-ring (bicyclic) bond motifs is 1. The minimum atomic E-state index is -0.0206. The lowest BCUT2D eigenvalue weighted by Crippen LogP contribution is -2.48. The first-order chi connectivity index (χ1) is 12.2. The Balaban J connectivity index is 1.63. The zero-order valence-corrected chi connectivity index (χ0v) is 14.2. The van der Waals surface area contributed by atoms with Gasteiger partial charge in [-0.25, -0.2) is 0 Å². The molecule has 6 heteroatoms. The van der Waals surface area contributed by atoms with Gasteiger partial charge in [-0.05, 0) is 30.7 Å². The van der Waals surface area contributed by atoms with Crippen molar-refractivity contribution in [3.8, 4) is 5.75 Å². The van der Waals surface area contributed by atoms with Gasteiger partial charge in [0.2, 0.25) is 5.89 Å². The lowest BCUT2D eigenvalue weighted by Gasteiger charge is -2.37. The highest BCUT2D eigenvalue weighted by Crippen LogP contribution is 2.33. The van der Waals surface area contributed by atoms with Crippen LogP contribution in [0.25, 0.3) is 10.8 Å². The highest BCUT2D eigenvalue weighted by atomic mass is 16.5. The van der Waals surface area contributed by atoms with E-state index >= 15 is 0 Å². The molecule has 0 atom stereocenters. The van der Waals surface area contributed by atoms with E-state index in [1.807, 2.05) is 43.3 Å². The fourth-order valence-electron chi connectivity index (χ4n) is 3.19. The number of rotatable bonds is 4. The first kappa shape index (κ1) is 15.6. The number of ether oxygens (including phenoxy) is 1. The summed E-state index contributed by atoms with van der Waals surface area (Å²) in [6, 6.07) is 11.7. The largest absolute Gasteiger partial charge is 0.493 e. The highest BCUT2D eigenvalue weighted by molar-refractivity contribution is 6.09. The summed E-state index contributed by atoms with van der Waals surface area (Å²) in [6.07, 6.45) is 0. The first-order valence-corrected chi connectivity index (χ1v) is 8.41. The van der Waals surface area contributed by atoms with Crippen molar-refractivity contribution in [2.24, 2.45) is 0 Å². The summed E-state index contributed by atoms with van der Waals surface area (Å²) in [7, 11) is 0. The summed E-state index contributed by atoms with van der Waals surface area (Å²) < 4.78 is 10.9. The minimum Gasteiger partial charge on any atom is -0.493 e. The number of carbonyl (C=O) groups is 1. The molecule has 128 valence electrons. The third-order valence-electron chi connectivity index (χ3n) is 4.47.